The lowest BCUT2D eigenvalue weighted by Gasteiger charge is -2.09. The predicted molar refractivity (Wildman–Crippen MR) is 56.7 cm³/mol. The van der Waals surface area contributed by atoms with Crippen LogP contribution in [0.4, 0.5) is 0 Å². The maximum atomic E-state index is 8.78. The van der Waals surface area contributed by atoms with Crippen LogP contribution in [0.5, 0.6) is 0 Å². The molecule has 0 aliphatic heterocycles. The van der Waals surface area contributed by atoms with Crippen LogP contribution in [0.1, 0.15) is 30.4 Å². The summed E-state index contributed by atoms with van der Waals surface area (Å²) in [5.74, 6) is 0.434. The zero-order valence-electron chi connectivity index (χ0n) is 8.03. The van der Waals surface area contributed by atoms with Gasteiger partial charge in [0, 0.05) is 6.61 Å². The smallest absolute Gasteiger partial charge is 0.0436 e. The van der Waals surface area contributed by atoms with Crippen molar-refractivity contribution in [1.82, 2.24) is 0 Å². The summed E-state index contributed by atoms with van der Waals surface area (Å²) in [6.07, 6.45) is 2.66. The van der Waals surface area contributed by atoms with Gasteiger partial charge in [0.1, 0.15) is 0 Å². The number of benzene rings is 1. The van der Waals surface area contributed by atoms with Gasteiger partial charge in [-0.2, -0.15) is 0 Å². The monoisotopic (exact) mass is 176 g/mol. The zero-order valence-corrected chi connectivity index (χ0v) is 8.03. The van der Waals surface area contributed by atoms with Crippen molar-refractivity contribution in [3.8, 4) is 0 Å². The summed E-state index contributed by atoms with van der Waals surface area (Å²) in [6, 6.07) is 8.29. The van der Waals surface area contributed by atoms with Crippen LogP contribution in [0.3, 0.4) is 0 Å². The number of rotatable bonds is 4. The summed E-state index contributed by atoms with van der Waals surface area (Å²) in [7, 11) is 0. The van der Waals surface area contributed by atoms with E-state index in [0.29, 0.717) is 5.92 Å². The highest BCUT2D eigenvalue weighted by molar-refractivity contribution is 5.47. The van der Waals surface area contributed by atoms with Gasteiger partial charge in [-0.05, 0) is 23.5 Å². The predicted octanol–water partition coefficient (Wildman–Crippen LogP) is 2.82. The highest BCUT2D eigenvalue weighted by Crippen LogP contribution is 2.18. The molecule has 1 rings (SSSR count). The van der Waals surface area contributed by atoms with Crippen LogP contribution >= 0.6 is 0 Å². The van der Waals surface area contributed by atoms with E-state index in [2.05, 4.69) is 37.8 Å². The van der Waals surface area contributed by atoms with Crippen molar-refractivity contribution in [2.24, 2.45) is 0 Å². The third-order valence-corrected chi connectivity index (χ3v) is 2.30. The highest BCUT2D eigenvalue weighted by Gasteiger charge is 2.03. The second kappa shape index (κ2) is 4.83. The lowest BCUT2D eigenvalue weighted by Crippen LogP contribution is -1.96. The Balaban J connectivity index is 2.73. The fourth-order valence-corrected chi connectivity index (χ4v) is 1.32. The van der Waals surface area contributed by atoms with Gasteiger partial charge in [0.15, 0.2) is 0 Å². The fraction of sp³-hybridized carbons (Fsp3) is 0.333. The van der Waals surface area contributed by atoms with E-state index in [1.54, 1.807) is 0 Å². The van der Waals surface area contributed by atoms with Gasteiger partial charge in [0.2, 0.25) is 0 Å². The Morgan fingerprint density at radius 3 is 2.46 bits per heavy atom. The second-order valence-corrected chi connectivity index (χ2v) is 3.28. The molecule has 0 saturated heterocycles. The molecule has 0 fully saturated rings. The molecular weight excluding hydrogens is 160 g/mol. The Labute approximate surface area is 79.7 Å². The third kappa shape index (κ3) is 2.71. The molecule has 0 aliphatic carbocycles. The maximum Gasteiger partial charge on any atom is 0.0436 e. The highest BCUT2D eigenvalue weighted by atomic mass is 16.3. The molecule has 1 N–H and O–H groups in total. The van der Waals surface area contributed by atoms with Gasteiger partial charge >= 0.3 is 0 Å². The number of hydrogen-bond donors (Lipinski definition) is 1. The Morgan fingerprint density at radius 1 is 1.38 bits per heavy atom. The summed E-state index contributed by atoms with van der Waals surface area (Å²) >= 11 is 0. The molecule has 0 saturated carbocycles. The molecule has 0 aliphatic rings. The van der Waals surface area contributed by atoms with Gasteiger partial charge in [0.25, 0.3) is 0 Å². The second-order valence-electron chi connectivity index (χ2n) is 3.28. The number of hydrogen-bond acceptors (Lipinski definition) is 1. The van der Waals surface area contributed by atoms with Crippen LogP contribution in [0, 0.1) is 0 Å². The summed E-state index contributed by atoms with van der Waals surface area (Å²) in [4.78, 5) is 0. The Morgan fingerprint density at radius 2 is 2.00 bits per heavy atom. The summed E-state index contributed by atoms with van der Waals surface area (Å²) in [5, 5.41) is 8.78. The van der Waals surface area contributed by atoms with E-state index in [1.165, 1.54) is 5.56 Å². The Hall–Kier alpha value is -1.08. The van der Waals surface area contributed by atoms with Crippen LogP contribution < -0.4 is 0 Å². The molecule has 1 aromatic rings. The van der Waals surface area contributed by atoms with E-state index >= 15 is 0 Å². The lowest BCUT2D eigenvalue weighted by atomic mass is 9.97. The molecule has 0 amide bonds. The van der Waals surface area contributed by atoms with Crippen molar-refractivity contribution < 1.29 is 5.11 Å². The Kier molecular flexibility index (Phi) is 3.71. The van der Waals surface area contributed by atoms with Gasteiger partial charge in [0.05, 0.1) is 0 Å². The molecule has 0 heterocycles. The molecule has 1 atom stereocenters. The summed E-state index contributed by atoms with van der Waals surface area (Å²) in [5.41, 5.74) is 2.42. The van der Waals surface area contributed by atoms with E-state index in [9.17, 15) is 0 Å². The van der Waals surface area contributed by atoms with Gasteiger partial charge in [-0.15, -0.1) is 0 Å². The molecule has 13 heavy (non-hydrogen) atoms. The van der Waals surface area contributed by atoms with Crippen LogP contribution in [0.15, 0.2) is 30.8 Å². The standard InChI is InChI=1S/C12H16O/c1-3-11-4-6-12(7-5-11)10(2)8-9-13/h3-7,10,13H,1,8-9H2,2H3. The average molecular weight is 176 g/mol. The van der Waals surface area contributed by atoms with Gasteiger partial charge in [-0.1, -0.05) is 43.8 Å². The van der Waals surface area contributed by atoms with Crippen molar-refractivity contribution in [3.05, 3.63) is 42.0 Å². The van der Waals surface area contributed by atoms with Crippen LogP contribution in [-0.2, 0) is 0 Å². The molecule has 1 nitrogen and oxygen atoms in total. The molecule has 70 valence electrons. The van der Waals surface area contributed by atoms with E-state index in [4.69, 9.17) is 5.11 Å². The van der Waals surface area contributed by atoms with Crippen LogP contribution in [0.2, 0.25) is 0 Å². The molecule has 0 radical (unpaired) electrons. The van der Waals surface area contributed by atoms with Crippen molar-refractivity contribution >= 4 is 6.08 Å². The molecule has 1 heteroatoms. The van der Waals surface area contributed by atoms with E-state index in [1.807, 2.05) is 6.08 Å². The molecular formula is C12H16O. The lowest BCUT2D eigenvalue weighted by molar-refractivity contribution is 0.278. The van der Waals surface area contributed by atoms with Crippen molar-refractivity contribution in [2.45, 2.75) is 19.3 Å². The SMILES string of the molecule is C=Cc1ccc(C(C)CCO)cc1. The number of aliphatic hydroxyl groups excluding tert-OH is 1. The minimum atomic E-state index is 0.254. The first-order valence-electron chi connectivity index (χ1n) is 4.61. The maximum absolute atomic E-state index is 8.78. The minimum Gasteiger partial charge on any atom is -0.396 e. The molecule has 1 unspecified atom stereocenters. The first kappa shape index (κ1) is 10.0. The van der Waals surface area contributed by atoms with E-state index < -0.39 is 0 Å². The van der Waals surface area contributed by atoms with Gasteiger partial charge < -0.3 is 5.11 Å². The average Bonchev–Trinajstić information content (AvgIpc) is 2.18. The molecule has 0 bridgehead atoms. The topological polar surface area (TPSA) is 20.2 Å². The minimum absolute atomic E-state index is 0.254. The fourth-order valence-electron chi connectivity index (χ4n) is 1.32. The number of aliphatic hydroxyl groups is 1. The Bertz CT molecular complexity index is 261. The van der Waals surface area contributed by atoms with Crippen LogP contribution in [-0.4, -0.2) is 11.7 Å². The van der Waals surface area contributed by atoms with Gasteiger partial charge in [-0.25, -0.2) is 0 Å². The van der Waals surface area contributed by atoms with E-state index in [-0.39, 0.29) is 6.61 Å². The molecule has 0 aromatic heterocycles. The largest absolute Gasteiger partial charge is 0.396 e. The molecule has 0 spiro atoms. The van der Waals surface area contributed by atoms with Gasteiger partial charge in [-0.3, -0.25) is 0 Å². The molecule has 1 aromatic carbocycles. The van der Waals surface area contributed by atoms with Crippen molar-refractivity contribution in [1.29, 1.82) is 0 Å². The normalized spacial score (nSPS) is 12.5. The first-order chi connectivity index (χ1) is 6.27. The first-order valence-corrected chi connectivity index (χ1v) is 4.61. The summed E-state index contributed by atoms with van der Waals surface area (Å²) in [6.45, 7) is 6.08. The van der Waals surface area contributed by atoms with E-state index in [0.717, 1.165) is 12.0 Å². The van der Waals surface area contributed by atoms with Crippen molar-refractivity contribution in [3.63, 3.8) is 0 Å². The third-order valence-electron chi connectivity index (χ3n) is 2.30. The summed E-state index contributed by atoms with van der Waals surface area (Å²) < 4.78 is 0. The quantitative estimate of drug-likeness (QED) is 0.748. The van der Waals surface area contributed by atoms with Crippen LogP contribution in [0.25, 0.3) is 6.08 Å². The van der Waals surface area contributed by atoms with Crippen molar-refractivity contribution in [2.75, 3.05) is 6.61 Å². The zero-order chi connectivity index (χ0) is 9.68.